The largest absolute Gasteiger partial charge is 0.228 e. The molecule has 2 nitrogen and oxygen atoms in total. The van der Waals surface area contributed by atoms with E-state index in [1.165, 1.54) is 66.2 Å². The van der Waals surface area contributed by atoms with Crippen LogP contribution in [0.1, 0.15) is 25.0 Å². The lowest BCUT2D eigenvalue weighted by Gasteiger charge is -2.24. The lowest BCUT2D eigenvalue weighted by Crippen LogP contribution is -2.16. The summed E-state index contributed by atoms with van der Waals surface area (Å²) < 4.78 is 0. The van der Waals surface area contributed by atoms with E-state index in [9.17, 15) is 0 Å². The molecule has 1 aliphatic rings. The van der Waals surface area contributed by atoms with Crippen LogP contribution in [0.2, 0.25) is 0 Å². The normalized spacial score (nSPS) is 12.7. The molecule has 278 valence electrons. The molecule has 0 bridgehead atoms. The first-order valence-corrected chi connectivity index (χ1v) is 20.4. The van der Waals surface area contributed by atoms with Gasteiger partial charge in [-0.25, -0.2) is 9.97 Å². The molecule has 59 heavy (non-hydrogen) atoms. The maximum atomic E-state index is 5.32. The van der Waals surface area contributed by atoms with Crippen molar-refractivity contribution in [3.8, 4) is 78.4 Å². The standard InChI is InChI=1S/C57H40N2/c1-57(2)52-25-11-10-22-49(52)51-24-13-23-46(55(51)57)43-19-12-18-42(35-43)45-32-33-50(48-21-9-8-20-47(45)48)54-36-53(44-31-28-38-16-6-7-17-41(38)34-44)58-56(59-54)40-29-26-39(27-30-40)37-14-4-3-5-15-37/h3-36H,1-2H3. The molecule has 0 saturated heterocycles. The summed E-state index contributed by atoms with van der Waals surface area (Å²) in [5, 5.41) is 4.73. The van der Waals surface area contributed by atoms with Gasteiger partial charge in [0.05, 0.1) is 11.4 Å². The van der Waals surface area contributed by atoms with E-state index in [0.29, 0.717) is 5.82 Å². The Labute approximate surface area is 345 Å². The maximum Gasteiger partial charge on any atom is 0.160 e. The first kappa shape index (κ1) is 34.8. The van der Waals surface area contributed by atoms with Crippen LogP contribution in [0, 0.1) is 0 Å². The summed E-state index contributed by atoms with van der Waals surface area (Å²) in [6, 6.07) is 74.4. The van der Waals surface area contributed by atoms with E-state index in [0.717, 1.165) is 39.0 Å². The average molecular weight is 753 g/mol. The van der Waals surface area contributed by atoms with E-state index in [-0.39, 0.29) is 5.41 Å². The summed E-state index contributed by atoms with van der Waals surface area (Å²) in [7, 11) is 0. The molecule has 0 N–H and O–H groups in total. The summed E-state index contributed by atoms with van der Waals surface area (Å²) >= 11 is 0. The zero-order chi connectivity index (χ0) is 39.5. The highest BCUT2D eigenvalue weighted by Crippen LogP contribution is 2.52. The second kappa shape index (κ2) is 13.9. The van der Waals surface area contributed by atoms with Crippen molar-refractivity contribution < 1.29 is 0 Å². The minimum absolute atomic E-state index is 0.0983. The molecule has 10 aromatic rings. The van der Waals surface area contributed by atoms with E-state index in [1.54, 1.807) is 0 Å². The summed E-state index contributed by atoms with van der Waals surface area (Å²) in [5.41, 5.74) is 17.5. The van der Waals surface area contributed by atoms with E-state index < -0.39 is 0 Å². The Hall–Kier alpha value is -7.42. The highest BCUT2D eigenvalue weighted by atomic mass is 14.9. The topological polar surface area (TPSA) is 25.8 Å². The monoisotopic (exact) mass is 752 g/mol. The summed E-state index contributed by atoms with van der Waals surface area (Å²) in [6.45, 7) is 4.72. The van der Waals surface area contributed by atoms with Crippen molar-refractivity contribution in [2.24, 2.45) is 0 Å². The van der Waals surface area contributed by atoms with Crippen molar-refractivity contribution in [1.82, 2.24) is 9.97 Å². The summed E-state index contributed by atoms with van der Waals surface area (Å²) in [4.78, 5) is 10.6. The molecule has 11 rings (SSSR count). The molecular weight excluding hydrogens is 713 g/mol. The Bertz CT molecular complexity index is 3230. The Morgan fingerprint density at radius 1 is 0.322 bits per heavy atom. The molecule has 0 aliphatic heterocycles. The molecule has 1 heterocycles. The molecule has 1 aromatic heterocycles. The van der Waals surface area contributed by atoms with Gasteiger partial charge in [-0.15, -0.1) is 0 Å². The van der Waals surface area contributed by atoms with Gasteiger partial charge in [0.25, 0.3) is 0 Å². The molecule has 1 aliphatic carbocycles. The van der Waals surface area contributed by atoms with E-state index >= 15 is 0 Å². The van der Waals surface area contributed by atoms with Crippen molar-refractivity contribution in [3.05, 3.63) is 217 Å². The average Bonchev–Trinajstić information content (AvgIpc) is 3.54. The van der Waals surface area contributed by atoms with Crippen molar-refractivity contribution in [2.45, 2.75) is 19.3 Å². The van der Waals surface area contributed by atoms with Crippen LogP contribution in [0.15, 0.2) is 206 Å². The number of aromatic nitrogens is 2. The third-order valence-corrected chi connectivity index (χ3v) is 12.3. The van der Waals surface area contributed by atoms with Gasteiger partial charge in [0.2, 0.25) is 0 Å². The number of rotatable bonds is 6. The quantitative estimate of drug-likeness (QED) is 0.169. The lowest BCUT2D eigenvalue weighted by molar-refractivity contribution is 0.662. The first-order chi connectivity index (χ1) is 29.0. The molecule has 0 amide bonds. The van der Waals surface area contributed by atoms with Gasteiger partial charge in [-0.1, -0.05) is 202 Å². The Morgan fingerprint density at radius 3 is 1.71 bits per heavy atom. The molecular formula is C57H40N2. The van der Waals surface area contributed by atoms with Gasteiger partial charge in [-0.2, -0.15) is 0 Å². The fraction of sp³-hybridized carbons (Fsp3) is 0.0526. The molecule has 0 radical (unpaired) electrons. The molecule has 2 heteroatoms. The minimum Gasteiger partial charge on any atom is -0.228 e. The number of benzene rings is 9. The molecule has 0 saturated carbocycles. The van der Waals surface area contributed by atoms with Crippen LogP contribution in [0.5, 0.6) is 0 Å². The Balaban J connectivity index is 1.04. The van der Waals surface area contributed by atoms with Gasteiger partial charge in [0.15, 0.2) is 5.82 Å². The first-order valence-electron chi connectivity index (χ1n) is 20.4. The second-order valence-electron chi connectivity index (χ2n) is 16.2. The SMILES string of the molecule is CC1(C)c2ccccc2-c2cccc(-c3cccc(-c4ccc(-c5cc(-c6ccc7ccccc7c6)nc(-c6ccc(-c7ccccc7)cc6)n5)c5ccccc45)c3)c21. The predicted molar refractivity (Wildman–Crippen MR) is 247 cm³/mol. The van der Waals surface area contributed by atoms with Crippen molar-refractivity contribution >= 4 is 21.5 Å². The van der Waals surface area contributed by atoms with E-state index in [4.69, 9.17) is 9.97 Å². The maximum absolute atomic E-state index is 5.32. The van der Waals surface area contributed by atoms with Crippen LogP contribution in [-0.2, 0) is 5.41 Å². The third-order valence-electron chi connectivity index (χ3n) is 12.3. The molecule has 0 fully saturated rings. The molecule has 0 unspecified atom stereocenters. The van der Waals surface area contributed by atoms with Gasteiger partial charge in [0.1, 0.15) is 0 Å². The molecule has 0 spiro atoms. The van der Waals surface area contributed by atoms with Gasteiger partial charge in [-0.05, 0) is 95.4 Å². The second-order valence-corrected chi connectivity index (χ2v) is 16.2. The van der Waals surface area contributed by atoms with Gasteiger partial charge in [0, 0.05) is 22.1 Å². The predicted octanol–water partition coefficient (Wildman–Crippen LogP) is 15.1. The number of hydrogen-bond acceptors (Lipinski definition) is 2. The van der Waals surface area contributed by atoms with Gasteiger partial charge < -0.3 is 0 Å². The van der Waals surface area contributed by atoms with Crippen LogP contribution in [0.25, 0.3) is 100.0 Å². The highest BCUT2D eigenvalue weighted by Gasteiger charge is 2.37. The van der Waals surface area contributed by atoms with E-state index in [2.05, 4.69) is 214 Å². The van der Waals surface area contributed by atoms with Crippen LogP contribution in [0.3, 0.4) is 0 Å². The summed E-state index contributed by atoms with van der Waals surface area (Å²) in [5.74, 6) is 0.701. The van der Waals surface area contributed by atoms with Crippen LogP contribution in [0.4, 0.5) is 0 Å². The summed E-state index contributed by atoms with van der Waals surface area (Å²) in [6.07, 6.45) is 0. The van der Waals surface area contributed by atoms with Gasteiger partial charge in [-0.3, -0.25) is 0 Å². The zero-order valence-corrected chi connectivity index (χ0v) is 33.0. The Morgan fingerprint density at radius 2 is 0.881 bits per heavy atom. The van der Waals surface area contributed by atoms with Crippen molar-refractivity contribution in [3.63, 3.8) is 0 Å². The minimum atomic E-state index is -0.0983. The van der Waals surface area contributed by atoms with Gasteiger partial charge >= 0.3 is 0 Å². The van der Waals surface area contributed by atoms with E-state index in [1.807, 2.05) is 6.07 Å². The zero-order valence-electron chi connectivity index (χ0n) is 33.0. The highest BCUT2D eigenvalue weighted by molar-refractivity contribution is 6.05. The number of nitrogens with zero attached hydrogens (tertiary/aromatic N) is 2. The number of hydrogen-bond donors (Lipinski definition) is 0. The fourth-order valence-electron chi connectivity index (χ4n) is 9.37. The fourth-order valence-corrected chi connectivity index (χ4v) is 9.37. The van der Waals surface area contributed by atoms with Crippen LogP contribution in [-0.4, -0.2) is 9.97 Å². The van der Waals surface area contributed by atoms with Crippen molar-refractivity contribution in [1.29, 1.82) is 0 Å². The lowest BCUT2D eigenvalue weighted by atomic mass is 9.78. The number of fused-ring (bicyclic) bond motifs is 5. The molecule has 9 aromatic carbocycles. The smallest absolute Gasteiger partial charge is 0.160 e. The Kier molecular flexibility index (Phi) is 8.20. The van der Waals surface area contributed by atoms with Crippen molar-refractivity contribution in [2.75, 3.05) is 0 Å². The van der Waals surface area contributed by atoms with Crippen LogP contribution < -0.4 is 0 Å². The molecule has 0 atom stereocenters. The third kappa shape index (κ3) is 5.96. The van der Waals surface area contributed by atoms with Crippen LogP contribution >= 0.6 is 0 Å².